The van der Waals surface area contributed by atoms with Crippen LogP contribution in [0.15, 0.2) is 164 Å². The second kappa shape index (κ2) is 11.0. The van der Waals surface area contributed by atoms with E-state index in [1.807, 2.05) is 24.4 Å². The van der Waals surface area contributed by atoms with Crippen molar-refractivity contribution in [2.75, 3.05) is 0 Å². The molecule has 0 N–H and O–H groups in total. The molecule has 0 saturated heterocycles. The van der Waals surface area contributed by atoms with E-state index in [4.69, 9.17) is 4.98 Å². The molecule has 0 bridgehead atoms. The Labute approximate surface area is 241 Å². The third kappa shape index (κ3) is 4.65. The van der Waals surface area contributed by atoms with E-state index in [0.29, 0.717) is 0 Å². The maximum Gasteiger partial charge on any atom is 0.164 e. The van der Waals surface area contributed by atoms with Gasteiger partial charge in [0.15, 0.2) is 5.65 Å². The molecule has 2 aromatic heterocycles. The Kier molecular flexibility index (Phi) is 6.72. The van der Waals surface area contributed by atoms with Gasteiger partial charge in [-0.2, -0.15) is 0 Å². The number of hydrogen-bond donors (Lipinski definition) is 0. The summed E-state index contributed by atoms with van der Waals surface area (Å²) in [5.74, 6) is 0.895. The molecule has 0 aliphatic rings. The van der Waals surface area contributed by atoms with Gasteiger partial charge in [0.05, 0.1) is 6.16 Å². The van der Waals surface area contributed by atoms with Gasteiger partial charge in [-0.25, -0.2) is 9.97 Å². The molecule has 196 valence electrons. The minimum Gasteiger partial charge on any atom is -0.277 e. The number of pyridine rings is 1. The molecule has 0 radical (unpaired) electrons. The van der Waals surface area contributed by atoms with Crippen LogP contribution >= 0.6 is 7.26 Å². The molecule has 3 nitrogen and oxygen atoms in total. The van der Waals surface area contributed by atoms with E-state index < -0.39 is 7.26 Å². The van der Waals surface area contributed by atoms with Crippen LogP contribution in [-0.2, 0) is 6.16 Å². The lowest BCUT2D eigenvalue weighted by Crippen LogP contribution is -2.32. The summed E-state index contributed by atoms with van der Waals surface area (Å²) in [5, 5.41) is 4.16. The van der Waals surface area contributed by atoms with Crippen LogP contribution in [0.2, 0.25) is 0 Å². The van der Waals surface area contributed by atoms with Crippen LogP contribution in [0.1, 0.15) is 5.56 Å². The highest BCUT2D eigenvalue weighted by Gasteiger charge is 2.45. The Morgan fingerprint density at radius 1 is 0.512 bits per heavy atom. The molecule has 0 atom stereocenters. The predicted octanol–water partition coefficient (Wildman–Crippen LogP) is 7.58. The van der Waals surface area contributed by atoms with Crippen LogP contribution in [-0.4, -0.2) is 14.5 Å². The summed E-state index contributed by atoms with van der Waals surface area (Å²) in [6.07, 6.45) is 2.76. The molecule has 0 amide bonds. The number of imidazole rings is 1. The Morgan fingerprint density at radius 3 is 1.56 bits per heavy atom. The third-order valence-electron chi connectivity index (χ3n) is 7.65. The number of fused-ring (bicyclic) bond motifs is 1. The van der Waals surface area contributed by atoms with Crippen LogP contribution in [0.4, 0.5) is 0 Å². The molecule has 0 saturated carbocycles. The Morgan fingerprint density at radius 2 is 1.02 bits per heavy atom. The summed E-state index contributed by atoms with van der Waals surface area (Å²) in [7, 11) is -1.97. The van der Waals surface area contributed by atoms with Gasteiger partial charge in [-0.05, 0) is 66.2 Å². The highest BCUT2D eigenvalue weighted by molar-refractivity contribution is 7.95. The lowest BCUT2D eigenvalue weighted by Gasteiger charge is -2.28. The maximum absolute atomic E-state index is 5.01. The smallest absolute Gasteiger partial charge is 0.164 e. The molecular weight excluding hydrogens is 517 g/mol. The number of hydrogen-bond acceptors (Lipinski definition) is 2. The van der Waals surface area contributed by atoms with Crippen molar-refractivity contribution in [3.8, 4) is 17.1 Å². The van der Waals surface area contributed by atoms with Crippen molar-refractivity contribution in [2.45, 2.75) is 6.16 Å². The number of benzene rings is 5. The average molecular weight is 547 g/mol. The molecule has 2 heterocycles. The lowest BCUT2D eigenvalue weighted by molar-refractivity contribution is 1.08. The van der Waals surface area contributed by atoms with Gasteiger partial charge in [-0.15, -0.1) is 0 Å². The van der Waals surface area contributed by atoms with Gasteiger partial charge >= 0.3 is 0 Å². The van der Waals surface area contributed by atoms with E-state index in [2.05, 4.69) is 149 Å². The monoisotopic (exact) mass is 546 g/mol. The molecule has 0 aliphatic carbocycles. The Bertz CT molecular complexity index is 1790. The van der Waals surface area contributed by atoms with Gasteiger partial charge in [-0.1, -0.05) is 97.1 Å². The molecule has 4 heteroatoms. The van der Waals surface area contributed by atoms with Crippen molar-refractivity contribution in [2.24, 2.45) is 0 Å². The fraction of sp³-hybridized carbons (Fsp3) is 0.0270. The first kappa shape index (κ1) is 25.1. The van der Waals surface area contributed by atoms with Gasteiger partial charge in [-0.3, -0.25) is 4.57 Å². The second-order valence-electron chi connectivity index (χ2n) is 10.1. The van der Waals surface area contributed by atoms with E-state index in [9.17, 15) is 0 Å². The molecule has 0 spiro atoms. The van der Waals surface area contributed by atoms with Crippen LogP contribution in [0, 0.1) is 0 Å². The van der Waals surface area contributed by atoms with Gasteiger partial charge in [0.2, 0.25) is 0 Å². The van der Waals surface area contributed by atoms with Crippen molar-refractivity contribution in [1.82, 2.24) is 14.5 Å². The Balaban J connectivity index is 1.35. The van der Waals surface area contributed by atoms with Gasteiger partial charge in [0.25, 0.3) is 0 Å². The molecule has 0 unspecified atom stereocenters. The van der Waals surface area contributed by atoms with Crippen molar-refractivity contribution in [3.05, 3.63) is 169 Å². The number of aromatic nitrogens is 3. The first-order valence-electron chi connectivity index (χ1n) is 13.9. The van der Waals surface area contributed by atoms with Crippen LogP contribution in [0.3, 0.4) is 0 Å². The summed E-state index contributed by atoms with van der Waals surface area (Å²) in [6, 6.07) is 56.4. The quantitative estimate of drug-likeness (QED) is 0.193. The van der Waals surface area contributed by atoms with E-state index in [1.54, 1.807) is 0 Å². The van der Waals surface area contributed by atoms with E-state index in [-0.39, 0.29) is 0 Å². The van der Waals surface area contributed by atoms with Crippen LogP contribution < -0.4 is 15.9 Å². The zero-order chi connectivity index (χ0) is 27.5. The SMILES string of the molecule is c1ccc(-n2c(-c3ccc(C[P+](c4ccccc4)(c4ccccc4)c4ccccc4)cc3)nc3cccnc32)cc1. The number of para-hydroxylation sites is 1. The molecule has 41 heavy (non-hydrogen) atoms. The van der Waals surface area contributed by atoms with E-state index in [1.165, 1.54) is 21.5 Å². The predicted molar refractivity (Wildman–Crippen MR) is 173 cm³/mol. The molecule has 7 aromatic rings. The summed E-state index contributed by atoms with van der Waals surface area (Å²) in [5.41, 5.74) is 5.17. The zero-order valence-corrected chi connectivity index (χ0v) is 23.5. The fourth-order valence-electron chi connectivity index (χ4n) is 5.73. The van der Waals surface area contributed by atoms with Crippen molar-refractivity contribution in [1.29, 1.82) is 0 Å². The maximum atomic E-state index is 5.01. The molecule has 5 aromatic carbocycles. The highest BCUT2D eigenvalue weighted by Crippen LogP contribution is 2.58. The van der Waals surface area contributed by atoms with Crippen molar-refractivity contribution >= 4 is 34.3 Å². The van der Waals surface area contributed by atoms with Crippen molar-refractivity contribution < 1.29 is 0 Å². The molecular formula is C37H29N3P+. The van der Waals surface area contributed by atoms with Gasteiger partial charge in [0.1, 0.15) is 34.5 Å². The third-order valence-corrected chi connectivity index (χ3v) is 12.0. The summed E-state index contributed by atoms with van der Waals surface area (Å²) in [6.45, 7) is 0. The Hall–Kier alpha value is -4.85. The lowest BCUT2D eigenvalue weighted by atomic mass is 10.1. The second-order valence-corrected chi connectivity index (χ2v) is 13.6. The number of rotatable bonds is 7. The fourth-order valence-corrected chi connectivity index (χ4v) is 9.97. The topological polar surface area (TPSA) is 30.7 Å². The van der Waals surface area contributed by atoms with E-state index >= 15 is 0 Å². The largest absolute Gasteiger partial charge is 0.277 e. The molecule has 0 fully saturated rings. The van der Waals surface area contributed by atoms with Gasteiger partial charge < -0.3 is 0 Å². The first-order valence-corrected chi connectivity index (χ1v) is 15.8. The summed E-state index contributed by atoms with van der Waals surface area (Å²) in [4.78, 5) is 9.69. The first-order chi connectivity index (χ1) is 20.3. The van der Waals surface area contributed by atoms with Crippen LogP contribution in [0.25, 0.3) is 28.2 Å². The minimum atomic E-state index is -1.97. The van der Waals surface area contributed by atoms with Crippen LogP contribution in [0.5, 0.6) is 0 Å². The highest BCUT2D eigenvalue weighted by atomic mass is 31.2. The zero-order valence-electron chi connectivity index (χ0n) is 22.6. The van der Waals surface area contributed by atoms with E-state index in [0.717, 1.165) is 34.4 Å². The summed E-state index contributed by atoms with van der Waals surface area (Å²) < 4.78 is 2.15. The standard InChI is InChI=1S/C37H29N3P/c1-5-14-31(15-6-1)40-36(39-35-22-13-27-38-37(35)40)30-25-23-29(24-26-30)28-41(32-16-7-2-8-17-32,33-18-9-3-10-19-33)34-20-11-4-12-21-34/h1-27H,28H2/q+1. The normalized spacial score (nSPS) is 11.5. The molecule has 7 rings (SSSR count). The minimum absolute atomic E-state index is 0.861. The van der Waals surface area contributed by atoms with Gasteiger partial charge in [0, 0.05) is 17.4 Å². The van der Waals surface area contributed by atoms with Crippen molar-refractivity contribution in [3.63, 3.8) is 0 Å². The summed E-state index contributed by atoms with van der Waals surface area (Å²) >= 11 is 0. The molecule has 0 aliphatic heterocycles. The number of nitrogens with zero attached hydrogens (tertiary/aromatic N) is 3. The average Bonchev–Trinajstić information content (AvgIpc) is 3.45.